The molecule has 0 fully saturated rings. The van der Waals surface area contributed by atoms with E-state index in [9.17, 15) is 9.59 Å². The van der Waals surface area contributed by atoms with Gasteiger partial charge in [0.1, 0.15) is 5.75 Å². The minimum Gasteiger partial charge on any atom is -0.497 e. The van der Waals surface area contributed by atoms with E-state index >= 15 is 0 Å². The van der Waals surface area contributed by atoms with Crippen LogP contribution in [0.5, 0.6) is 17.2 Å². The van der Waals surface area contributed by atoms with Crippen LogP contribution in [0.25, 0.3) is 6.08 Å². The second-order valence-corrected chi connectivity index (χ2v) is 8.70. The normalized spacial score (nSPS) is 15.3. The van der Waals surface area contributed by atoms with Crippen LogP contribution in [-0.2, 0) is 9.53 Å². The zero-order valence-electron chi connectivity index (χ0n) is 20.2. The van der Waals surface area contributed by atoms with Crippen LogP contribution in [-0.4, -0.2) is 38.5 Å². The van der Waals surface area contributed by atoms with Crippen LogP contribution >= 0.6 is 11.3 Å². The van der Waals surface area contributed by atoms with Crippen molar-refractivity contribution in [2.75, 3.05) is 27.9 Å². The molecule has 9 heteroatoms. The Labute approximate surface area is 206 Å². The molecule has 1 aromatic heterocycles. The number of benzene rings is 2. The summed E-state index contributed by atoms with van der Waals surface area (Å²) < 4.78 is 23.4. The molecule has 1 unspecified atom stereocenters. The Morgan fingerprint density at radius 1 is 1.09 bits per heavy atom. The highest BCUT2D eigenvalue weighted by Crippen LogP contribution is 2.32. The lowest BCUT2D eigenvalue weighted by Gasteiger charge is -2.24. The largest absolute Gasteiger partial charge is 0.497 e. The standard InChI is InChI=1S/C26H26N2O6S/c1-6-34-19-12-7-16(13-20(19)32-4)14-21-24(29)28-23(17-8-10-18(31-3)11-9-17)22(25(30)33-5)15(2)27-26(28)35-21/h7-14,23H,6H2,1-5H3/b21-14+. The lowest BCUT2D eigenvalue weighted by molar-refractivity contribution is -0.136. The maximum atomic E-state index is 13.6. The first kappa shape index (κ1) is 24.3. The van der Waals surface area contributed by atoms with E-state index in [0.717, 1.165) is 11.1 Å². The second kappa shape index (κ2) is 10.2. The predicted molar refractivity (Wildman–Crippen MR) is 133 cm³/mol. The van der Waals surface area contributed by atoms with Crippen molar-refractivity contribution in [2.45, 2.75) is 19.9 Å². The van der Waals surface area contributed by atoms with Crippen molar-refractivity contribution in [2.24, 2.45) is 4.99 Å². The summed E-state index contributed by atoms with van der Waals surface area (Å²) in [5.74, 6) is 1.35. The van der Waals surface area contributed by atoms with Crippen molar-refractivity contribution >= 4 is 23.4 Å². The van der Waals surface area contributed by atoms with Gasteiger partial charge < -0.3 is 18.9 Å². The summed E-state index contributed by atoms with van der Waals surface area (Å²) >= 11 is 1.26. The number of rotatable bonds is 7. The number of carbonyl (C=O) groups is 1. The van der Waals surface area contributed by atoms with Gasteiger partial charge >= 0.3 is 5.97 Å². The number of hydrogen-bond donors (Lipinski definition) is 0. The highest BCUT2D eigenvalue weighted by Gasteiger charge is 2.33. The van der Waals surface area contributed by atoms with Gasteiger partial charge in [0.2, 0.25) is 0 Å². The molecule has 0 aliphatic carbocycles. The van der Waals surface area contributed by atoms with Gasteiger partial charge in [-0.25, -0.2) is 9.79 Å². The van der Waals surface area contributed by atoms with Crippen LogP contribution < -0.4 is 29.1 Å². The molecule has 0 N–H and O–H groups in total. The molecule has 2 aromatic carbocycles. The molecule has 1 aliphatic heterocycles. The molecule has 2 heterocycles. The minimum absolute atomic E-state index is 0.253. The topological polar surface area (TPSA) is 88.4 Å². The SMILES string of the molecule is CCOc1ccc(/C=c2/sc3n(c2=O)C(c2ccc(OC)cc2)C(C(=O)OC)=C(C)N=3)cc1OC. The molecule has 0 saturated heterocycles. The maximum absolute atomic E-state index is 13.6. The summed E-state index contributed by atoms with van der Waals surface area (Å²) in [6, 6.07) is 12.1. The van der Waals surface area contributed by atoms with Gasteiger partial charge in [0.25, 0.3) is 5.56 Å². The quantitative estimate of drug-likeness (QED) is 0.470. The van der Waals surface area contributed by atoms with Crippen LogP contribution in [0, 0.1) is 0 Å². The summed E-state index contributed by atoms with van der Waals surface area (Å²) in [6.07, 6.45) is 1.78. The number of carbonyl (C=O) groups excluding carboxylic acids is 1. The summed E-state index contributed by atoms with van der Waals surface area (Å²) in [6.45, 7) is 4.16. The lowest BCUT2D eigenvalue weighted by Crippen LogP contribution is -2.39. The van der Waals surface area contributed by atoms with Gasteiger partial charge in [-0.1, -0.05) is 29.5 Å². The van der Waals surface area contributed by atoms with Crippen LogP contribution in [0.15, 0.2) is 63.5 Å². The van der Waals surface area contributed by atoms with E-state index in [4.69, 9.17) is 18.9 Å². The Hall–Kier alpha value is -3.85. The number of allylic oxidation sites excluding steroid dienone is 1. The number of aromatic nitrogens is 1. The zero-order valence-corrected chi connectivity index (χ0v) is 21.0. The van der Waals surface area contributed by atoms with E-state index in [0.29, 0.717) is 44.5 Å². The molecule has 1 atom stereocenters. The maximum Gasteiger partial charge on any atom is 0.338 e. The smallest absolute Gasteiger partial charge is 0.338 e. The van der Waals surface area contributed by atoms with Gasteiger partial charge in [0, 0.05) is 0 Å². The molecular formula is C26H26N2O6S. The van der Waals surface area contributed by atoms with E-state index in [1.807, 2.05) is 37.3 Å². The molecule has 0 spiro atoms. The molecule has 0 bridgehead atoms. The fraction of sp³-hybridized carbons (Fsp3) is 0.269. The molecule has 3 aromatic rings. The van der Waals surface area contributed by atoms with Crippen molar-refractivity contribution in [3.63, 3.8) is 0 Å². The van der Waals surface area contributed by atoms with Crippen LogP contribution in [0.2, 0.25) is 0 Å². The average Bonchev–Trinajstić information content (AvgIpc) is 3.17. The van der Waals surface area contributed by atoms with Crippen molar-refractivity contribution in [1.29, 1.82) is 0 Å². The number of ether oxygens (including phenoxy) is 4. The first-order valence-electron chi connectivity index (χ1n) is 11.0. The Balaban J connectivity index is 1.90. The number of esters is 1. The molecule has 182 valence electrons. The number of fused-ring (bicyclic) bond motifs is 1. The van der Waals surface area contributed by atoms with E-state index < -0.39 is 12.0 Å². The number of methoxy groups -OCH3 is 3. The zero-order chi connectivity index (χ0) is 25.1. The third kappa shape index (κ3) is 4.59. The predicted octanol–water partition coefficient (Wildman–Crippen LogP) is 2.82. The highest BCUT2D eigenvalue weighted by atomic mass is 32.1. The molecule has 0 amide bonds. The van der Waals surface area contributed by atoms with Gasteiger partial charge in [-0.15, -0.1) is 0 Å². The van der Waals surface area contributed by atoms with Gasteiger partial charge in [-0.05, 0) is 55.3 Å². The number of thiazole rings is 1. The molecule has 35 heavy (non-hydrogen) atoms. The van der Waals surface area contributed by atoms with Gasteiger partial charge in [-0.3, -0.25) is 9.36 Å². The molecular weight excluding hydrogens is 468 g/mol. The minimum atomic E-state index is -0.679. The van der Waals surface area contributed by atoms with Gasteiger partial charge in [0.05, 0.1) is 49.8 Å². The van der Waals surface area contributed by atoms with E-state index in [1.54, 1.807) is 43.9 Å². The fourth-order valence-corrected chi connectivity index (χ4v) is 5.04. The van der Waals surface area contributed by atoms with E-state index in [2.05, 4.69) is 4.99 Å². The first-order chi connectivity index (χ1) is 16.9. The summed E-state index contributed by atoms with van der Waals surface area (Å²) in [4.78, 5) is 31.5. The monoisotopic (exact) mass is 494 g/mol. The van der Waals surface area contributed by atoms with Crippen molar-refractivity contribution in [1.82, 2.24) is 4.57 Å². The Morgan fingerprint density at radius 2 is 1.83 bits per heavy atom. The van der Waals surface area contributed by atoms with Gasteiger partial charge in [-0.2, -0.15) is 0 Å². The Kier molecular flexibility index (Phi) is 7.07. The van der Waals surface area contributed by atoms with Gasteiger partial charge in [0.15, 0.2) is 16.3 Å². The number of nitrogens with zero attached hydrogens (tertiary/aromatic N) is 2. The highest BCUT2D eigenvalue weighted by molar-refractivity contribution is 7.07. The average molecular weight is 495 g/mol. The third-order valence-corrected chi connectivity index (χ3v) is 6.63. The van der Waals surface area contributed by atoms with Crippen molar-refractivity contribution in [3.05, 3.63) is 84.5 Å². The van der Waals surface area contributed by atoms with Crippen LogP contribution in [0.4, 0.5) is 0 Å². The fourth-order valence-electron chi connectivity index (χ4n) is 3.99. The van der Waals surface area contributed by atoms with E-state index in [1.165, 1.54) is 18.4 Å². The number of hydrogen-bond acceptors (Lipinski definition) is 8. The lowest BCUT2D eigenvalue weighted by atomic mass is 9.96. The summed E-state index contributed by atoms with van der Waals surface area (Å²) in [5, 5.41) is 0. The molecule has 8 nitrogen and oxygen atoms in total. The molecule has 0 radical (unpaired) electrons. The molecule has 1 aliphatic rings. The van der Waals surface area contributed by atoms with Crippen LogP contribution in [0.1, 0.15) is 31.0 Å². The summed E-state index contributed by atoms with van der Waals surface area (Å²) in [7, 11) is 4.47. The Bertz CT molecular complexity index is 1470. The third-order valence-electron chi connectivity index (χ3n) is 5.64. The molecule has 0 saturated carbocycles. The van der Waals surface area contributed by atoms with Crippen molar-refractivity contribution in [3.8, 4) is 17.2 Å². The second-order valence-electron chi connectivity index (χ2n) is 7.69. The van der Waals surface area contributed by atoms with Crippen LogP contribution in [0.3, 0.4) is 0 Å². The van der Waals surface area contributed by atoms with E-state index in [-0.39, 0.29) is 5.56 Å². The Morgan fingerprint density at radius 3 is 2.46 bits per heavy atom. The summed E-state index contributed by atoms with van der Waals surface area (Å²) in [5.41, 5.74) is 2.10. The first-order valence-corrected chi connectivity index (χ1v) is 11.8. The van der Waals surface area contributed by atoms with Crippen molar-refractivity contribution < 1.29 is 23.7 Å². The molecule has 4 rings (SSSR count).